The van der Waals surface area contributed by atoms with E-state index in [1.807, 2.05) is 47.9 Å². The van der Waals surface area contributed by atoms with E-state index in [0.717, 1.165) is 28.8 Å². The first-order valence-corrected chi connectivity index (χ1v) is 10.4. The van der Waals surface area contributed by atoms with Crippen LogP contribution in [0, 0.1) is 12.8 Å². The molecular weight excluding hydrogens is 336 g/mol. The average Bonchev–Trinajstić information content (AvgIpc) is 2.56. The Morgan fingerprint density at radius 1 is 1.00 bits per heavy atom. The molecule has 2 aliphatic heterocycles. The lowest BCUT2D eigenvalue weighted by molar-refractivity contribution is 0.187. The number of benzene rings is 1. The van der Waals surface area contributed by atoms with Crippen molar-refractivity contribution in [2.75, 3.05) is 19.3 Å². The van der Waals surface area contributed by atoms with Crippen molar-refractivity contribution in [3.63, 3.8) is 0 Å². The first kappa shape index (κ1) is 16.5. The third-order valence-corrected chi connectivity index (χ3v) is 6.71. The molecular formula is C19H22N2O3S. The molecule has 1 aromatic carbocycles. The zero-order chi connectivity index (χ0) is 17.8. The monoisotopic (exact) mass is 358 g/mol. The highest BCUT2D eigenvalue weighted by atomic mass is 32.2. The Morgan fingerprint density at radius 3 is 2.48 bits per heavy atom. The first-order valence-electron chi connectivity index (χ1n) is 8.59. The van der Waals surface area contributed by atoms with E-state index < -0.39 is 10.0 Å². The van der Waals surface area contributed by atoms with Gasteiger partial charge in [-0.1, -0.05) is 24.3 Å². The summed E-state index contributed by atoms with van der Waals surface area (Å²) < 4.78 is 27.3. The number of sulfonamides is 1. The van der Waals surface area contributed by atoms with E-state index >= 15 is 0 Å². The Morgan fingerprint density at radius 2 is 1.76 bits per heavy atom. The molecule has 0 spiro atoms. The molecule has 0 unspecified atom stereocenters. The predicted molar refractivity (Wildman–Crippen MR) is 98.1 cm³/mol. The molecule has 0 radical (unpaired) electrons. The second-order valence-corrected chi connectivity index (χ2v) is 9.26. The molecule has 2 atom stereocenters. The fourth-order valence-corrected chi connectivity index (χ4v) is 5.19. The lowest BCUT2D eigenvalue weighted by Gasteiger charge is -2.41. The molecule has 1 fully saturated rings. The molecule has 1 aromatic heterocycles. The van der Waals surface area contributed by atoms with E-state index in [4.69, 9.17) is 0 Å². The zero-order valence-electron chi connectivity index (χ0n) is 14.5. The maximum Gasteiger partial charge on any atom is 0.258 e. The van der Waals surface area contributed by atoms with Gasteiger partial charge in [0.15, 0.2) is 0 Å². The van der Waals surface area contributed by atoms with Crippen LogP contribution in [0.15, 0.2) is 41.2 Å². The fourth-order valence-electron chi connectivity index (χ4n) is 4.25. The van der Waals surface area contributed by atoms with Gasteiger partial charge in [0.25, 0.3) is 5.56 Å². The molecule has 2 bridgehead atoms. The normalized spacial score (nSPS) is 23.3. The van der Waals surface area contributed by atoms with E-state index in [2.05, 4.69) is 0 Å². The number of aromatic nitrogens is 1. The Hall–Kier alpha value is -1.92. The molecule has 5 nitrogen and oxygen atoms in total. The van der Waals surface area contributed by atoms with E-state index in [-0.39, 0.29) is 17.4 Å². The summed E-state index contributed by atoms with van der Waals surface area (Å²) >= 11 is 0. The van der Waals surface area contributed by atoms with Gasteiger partial charge in [-0.05, 0) is 42.5 Å². The number of nitrogens with zero attached hydrogens (tertiary/aromatic N) is 2. The molecule has 2 aromatic rings. The van der Waals surface area contributed by atoms with Gasteiger partial charge in [0.1, 0.15) is 0 Å². The van der Waals surface area contributed by atoms with Gasteiger partial charge in [-0.2, -0.15) is 0 Å². The minimum atomic E-state index is -3.19. The first-order chi connectivity index (χ1) is 11.8. The summed E-state index contributed by atoms with van der Waals surface area (Å²) in [7, 11) is -3.19. The standard InChI is InChI=1S/C19H22N2O3S/c1-13-5-3-4-6-16(13)17-7-8-18-15-9-14(11-21(18)19(17)22)10-20(12-15)25(2,23)24/h3-8,14-15H,9-12H2,1-2H3/t14-,15+/m0/s1. The highest BCUT2D eigenvalue weighted by Gasteiger charge is 2.37. The van der Waals surface area contributed by atoms with Crippen LogP contribution >= 0.6 is 0 Å². The van der Waals surface area contributed by atoms with Crippen molar-refractivity contribution in [3.05, 3.63) is 58.0 Å². The van der Waals surface area contributed by atoms with Gasteiger partial charge >= 0.3 is 0 Å². The largest absolute Gasteiger partial charge is 0.311 e. The Labute approximate surface area is 148 Å². The molecule has 1 saturated heterocycles. The minimum Gasteiger partial charge on any atom is -0.311 e. The van der Waals surface area contributed by atoms with Crippen LogP contribution in [0.1, 0.15) is 23.6 Å². The molecule has 4 rings (SSSR count). The third-order valence-electron chi connectivity index (χ3n) is 5.48. The van der Waals surface area contributed by atoms with E-state index in [1.54, 1.807) is 4.31 Å². The van der Waals surface area contributed by atoms with Gasteiger partial charge in [-0.15, -0.1) is 0 Å². The lowest BCUT2D eigenvalue weighted by atomic mass is 9.83. The molecule has 0 N–H and O–H groups in total. The SMILES string of the molecule is Cc1ccccc1-c1ccc2n(c1=O)C[C@H]1C[C@@H]2CN(S(C)(=O)=O)C1. The smallest absolute Gasteiger partial charge is 0.258 e. The van der Waals surface area contributed by atoms with Gasteiger partial charge in [0.05, 0.1) is 6.26 Å². The van der Waals surface area contributed by atoms with Crippen molar-refractivity contribution in [1.29, 1.82) is 0 Å². The van der Waals surface area contributed by atoms with E-state index in [1.165, 1.54) is 6.26 Å². The van der Waals surface area contributed by atoms with E-state index in [9.17, 15) is 13.2 Å². The molecule has 2 aliphatic rings. The summed E-state index contributed by atoms with van der Waals surface area (Å²) in [6, 6.07) is 11.8. The number of fused-ring (bicyclic) bond motifs is 4. The topological polar surface area (TPSA) is 59.4 Å². The molecule has 132 valence electrons. The average molecular weight is 358 g/mol. The number of pyridine rings is 1. The highest BCUT2D eigenvalue weighted by molar-refractivity contribution is 7.88. The van der Waals surface area contributed by atoms with Crippen LogP contribution in [0.3, 0.4) is 0 Å². The number of hydrogen-bond donors (Lipinski definition) is 0. The Kier molecular flexibility index (Phi) is 3.85. The van der Waals surface area contributed by atoms with Crippen molar-refractivity contribution in [2.45, 2.75) is 25.8 Å². The molecule has 0 amide bonds. The van der Waals surface area contributed by atoms with Crippen LogP contribution in [0.5, 0.6) is 0 Å². The Balaban J connectivity index is 1.79. The van der Waals surface area contributed by atoms with Crippen LogP contribution < -0.4 is 5.56 Å². The van der Waals surface area contributed by atoms with Crippen molar-refractivity contribution < 1.29 is 8.42 Å². The number of hydrogen-bond acceptors (Lipinski definition) is 3. The number of aryl methyl sites for hydroxylation is 1. The highest BCUT2D eigenvalue weighted by Crippen LogP contribution is 2.36. The van der Waals surface area contributed by atoms with Crippen LogP contribution in [-0.4, -0.2) is 36.6 Å². The summed E-state index contributed by atoms with van der Waals surface area (Å²) in [6.07, 6.45) is 2.22. The van der Waals surface area contributed by atoms with Gasteiger partial charge < -0.3 is 4.57 Å². The zero-order valence-corrected chi connectivity index (χ0v) is 15.3. The summed E-state index contributed by atoms with van der Waals surface area (Å²) in [6.45, 7) is 3.59. The van der Waals surface area contributed by atoms with Crippen LogP contribution in [0.2, 0.25) is 0 Å². The third kappa shape index (κ3) is 2.83. The van der Waals surface area contributed by atoms with Crippen LogP contribution in [-0.2, 0) is 16.6 Å². The minimum absolute atomic E-state index is 0.0364. The Bertz CT molecular complexity index is 994. The second-order valence-electron chi connectivity index (χ2n) is 7.28. The van der Waals surface area contributed by atoms with Crippen molar-refractivity contribution in [1.82, 2.24) is 8.87 Å². The maximum atomic E-state index is 13.1. The summed E-state index contributed by atoms with van der Waals surface area (Å²) in [5.41, 5.74) is 3.78. The number of rotatable bonds is 2. The quantitative estimate of drug-likeness (QED) is 0.827. The predicted octanol–water partition coefficient (Wildman–Crippen LogP) is 2.20. The lowest BCUT2D eigenvalue weighted by Crippen LogP contribution is -2.48. The molecule has 6 heteroatoms. The summed E-state index contributed by atoms with van der Waals surface area (Å²) in [5, 5.41) is 0. The second kappa shape index (κ2) is 5.81. The molecule has 0 saturated carbocycles. The van der Waals surface area contributed by atoms with Gasteiger partial charge in [-0.25, -0.2) is 12.7 Å². The van der Waals surface area contributed by atoms with Crippen molar-refractivity contribution >= 4 is 10.0 Å². The van der Waals surface area contributed by atoms with Crippen molar-refractivity contribution in [3.8, 4) is 11.1 Å². The molecule has 3 heterocycles. The van der Waals surface area contributed by atoms with Gasteiger partial charge in [0, 0.05) is 36.8 Å². The van der Waals surface area contributed by atoms with E-state index in [0.29, 0.717) is 19.6 Å². The maximum absolute atomic E-state index is 13.1. The van der Waals surface area contributed by atoms with Crippen LogP contribution in [0.4, 0.5) is 0 Å². The molecule has 0 aliphatic carbocycles. The van der Waals surface area contributed by atoms with Gasteiger partial charge in [0.2, 0.25) is 10.0 Å². The van der Waals surface area contributed by atoms with Crippen molar-refractivity contribution in [2.24, 2.45) is 5.92 Å². The van der Waals surface area contributed by atoms with Gasteiger partial charge in [-0.3, -0.25) is 4.79 Å². The summed E-state index contributed by atoms with van der Waals surface area (Å²) in [5.74, 6) is 0.298. The number of piperidine rings is 1. The van der Waals surface area contributed by atoms with Crippen LogP contribution in [0.25, 0.3) is 11.1 Å². The fraction of sp³-hybridized carbons (Fsp3) is 0.421. The summed E-state index contributed by atoms with van der Waals surface area (Å²) in [4.78, 5) is 13.1. The molecule has 25 heavy (non-hydrogen) atoms.